The molecule has 15 heteroatoms. The highest BCUT2D eigenvalue weighted by atomic mass is 19.1. The van der Waals surface area contributed by atoms with Gasteiger partial charge in [0.25, 0.3) is 0 Å². The van der Waals surface area contributed by atoms with Crippen molar-refractivity contribution in [1.29, 1.82) is 0 Å². The third-order valence-electron chi connectivity index (χ3n) is 10.2. The Morgan fingerprint density at radius 2 is 1.73 bits per heavy atom. The number of piperazine rings is 1. The fourth-order valence-electron chi connectivity index (χ4n) is 7.56. The number of aromatic nitrogens is 4. The van der Waals surface area contributed by atoms with E-state index in [0.717, 1.165) is 67.9 Å². The van der Waals surface area contributed by atoms with Gasteiger partial charge in [0, 0.05) is 107 Å². The number of piperidine rings is 2. The predicted octanol–water partition coefficient (Wildman–Crippen LogP) is 3.59. The van der Waals surface area contributed by atoms with Crippen molar-refractivity contribution >= 4 is 39.8 Å². The van der Waals surface area contributed by atoms with Gasteiger partial charge < -0.3 is 14.5 Å². The maximum absolute atomic E-state index is 15.6. The molecule has 5 heterocycles. The topological polar surface area (TPSA) is 144 Å². The van der Waals surface area contributed by atoms with Gasteiger partial charge >= 0.3 is 5.69 Å². The SMILES string of the molecule is COc1cc(N2CCC(CN3CCN(c4cc5c(cc4F)c(C4CCC(=O)NC4=O)nn5C)CC3)CC2)c(-c2cnn(C)c2)cc1[N+](=O)[O-]. The Morgan fingerprint density at radius 1 is 1.00 bits per heavy atom. The van der Waals surface area contributed by atoms with Gasteiger partial charge in [-0.2, -0.15) is 10.2 Å². The van der Waals surface area contributed by atoms with Gasteiger partial charge in [0.15, 0.2) is 5.75 Å². The fraction of sp³-hybridized carbons (Fsp3) is 0.471. The van der Waals surface area contributed by atoms with Gasteiger partial charge in [0.2, 0.25) is 11.8 Å². The minimum atomic E-state index is -0.581. The normalized spacial score (nSPS) is 19.5. The van der Waals surface area contributed by atoms with Gasteiger partial charge in [-0.05, 0) is 37.3 Å². The summed E-state index contributed by atoms with van der Waals surface area (Å²) in [7, 11) is 5.07. The molecule has 3 fully saturated rings. The van der Waals surface area contributed by atoms with Crippen molar-refractivity contribution in [2.45, 2.75) is 31.6 Å². The summed E-state index contributed by atoms with van der Waals surface area (Å²) in [5.74, 6) is -0.869. The van der Waals surface area contributed by atoms with Crippen LogP contribution in [0.4, 0.5) is 21.5 Å². The molecule has 3 saturated heterocycles. The van der Waals surface area contributed by atoms with Crippen molar-refractivity contribution in [3.63, 3.8) is 0 Å². The fourth-order valence-corrected chi connectivity index (χ4v) is 7.56. The molecular formula is C34H40FN9O5. The lowest BCUT2D eigenvalue weighted by atomic mass is 9.92. The van der Waals surface area contributed by atoms with Crippen LogP contribution < -0.4 is 19.9 Å². The Labute approximate surface area is 282 Å². The summed E-state index contributed by atoms with van der Waals surface area (Å²) < 4.78 is 24.4. The van der Waals surface area contributed by atoms with Crippen molar-refractivity contribution < 1.29 is 23.6 Å². The van der Waals surface area contributed by atoms with Crippen LogP contribution in [0.3, 0.4) is 0 Å². The number of nitro groups is 1. The lowest BCUT2D eigenvalue weighted by molar-refractivity contribution is -0.385. The van der Waals surface area contributed by atoms with Crippen molar-refractivity contribution in [3.05, 3.63) is 58.3 Å². The third kappa shape index (κ3) is 6.30. The molecule has 1 unspecified atom stereocenters. The zero-order valence-corrected chi connectivity index (χ0v) is 27.9. The quantitative estimate of drug-likeness (QED) is 0.167. The van der Waals surface area contributed by atoms with Crippen LogP contribution in [0.5, 0.6) is 5.75 Å². The Kier molecular flexibility index (Phi) is 8.69. The van der Waals surface area contributed by atoms with E-state index in [0.29, 0.717) is 42.2 Å². The van der Waals surface area contributed by atoms with Crippen molar-refractivity contribution in [1.82, 2.24) is 29.8 Å². The number of hydrogen-bond donors (Lipinski definition) is 1. The van der Waals surface area contributed by atoms with Crippen LogP contribution in [-0.4, -0.2) is 94.1 Å². The molecule has 2 aromatic heterocycles. The number of imide groups is 1. The summed E-state index contributed by atoms with van der Waals surface area (Å²) in [5, 5.41) is 23.6. The highest BCUT2D eigenvalue weighted by Crippen LogP contribution is 2.42. The van der Waals surface area contributed by atoms with E-state index >= 15 is 4.39 Å². The van der Waals surface area contributed by atoms with Crippen LogP contribution in [0, 0.1) is 21.8 Å². The lowest BCUT2D eigenvalue weighted by Crippen LogP contribution is -2.49. The first-order valence-corrected chi connectivity index (χ1v) is 16.7. The smallest absolute Gasteiger partial charge is 0.311 e. The molecular weight excluding hydrogens is 633 g/mol. The highest BCUT2D eigenvalue weighted by Gasteiger charge is 2.33. The van der Waals surface area contributed by atoms with Gasteiger partial charge in [0.1, 0.15) is 5.82 Å². The zero-order chi connectivity index (χ0) is 34.4. The number of amides is 2. The van der Waals surface area contributed by atoms with E-state index in [9.17, 15) is 19.7 Å². The number of methoxy groups -OCH3 is 1. The summed E-state index contributed by atoms with van der Waals surface area (Å²) in [6, 6.07) is 6.67. The number of halogens is 1. The van der Waals surface area contributed by atoms with Gasteiger partial charge in [-0.3, -0.25) is 39.3 Å². The summed E-state index contributed by atoms with van der Waals surface area (Å²) >= 11 is 0. The molecule has 0 aliphatic carbocycles. The molecule has 3 aliphatic heterocycles. The van der Waals surface area contributed by atoms with Gasteiger partial charge in [0.05, 0.1) is 41.0 Å². The highest BCUT2D eigenvalue weighted by molar-refractivity contribution is 6.02. The van der Waals surface area contributed by atoms with E-state index in [4.69, 9.17) is 4.74 Å². The number of carbonyl (C=O) groups is 2. The first kappa shape index (κ1) is 32.5. The molecule has 49 heavy (non-hydrogen) atoms. The largest absolute Gasteiger partial charge is 0.490 e. The number of benzene rings is 2. The van der Waals surface area contributed by atoms with Crippen molar-refractivity contribution in [2.24, 2.45) is 20.0 Å². The molecule has 258 valence electrons. The van der Waals surface area contributed by atoms with Crippen molar-refractivity contribution in [3.8, 4) is 16.9 Å². The van der Waals surface area contributed by atoms with Crippen LogP contribution in [0.25, 0.3) is 22.0 Å². The average molecular weight is 674 g/mol. The van der Waals surface area contributed by atoms with E-state index < -0.39 is 10.8 Å². The molecule has 2 aromatic carbocycles. The second-order valence-corrected chi connectivity index (χ2v) is 13.3. The molecule has 3 aliphatic rings. The van der Waals surface area contributed by atoms with Crippen LogP contribution in [0.1, 0.15) is 37.3 Å². The minimum Gasteiger partial charge on any atom is -0.490 e. The van der Waals surface area contributed by atoms with Gasteiger partial charge in [-0.15, -0.1) is 0 Å². The monoisotopic (exact) mass is 673 g/mol. The number of aryl methyl sites for hydroxylation is 2. The van der Waals surface area contributed by atoms with E-state index in [1.165, 1.54) is 13.2 Å². The van der Waals surface area contributed by atoms with Gasteiger partial charge in [-0.25, -0.2) is 4.39 Å². The van der Waals surface area contributed by atoms with Crippen LogP contribution >= 0.6 is 0 Å². The molecule has 0 bridgehead atoms. The van der Waals surface area contributed by atoms with Crippen LogP contribution in [0.15, 0.2) is 36.7 Å². The number of nitro benzene ring substituents is 1. The number of fused-ring (bicyclic) bond motifs is 1. The summed E-state index contributed by atoms with van der Waals surface area (Å²) in [4.78, 5) is 42.3. The number of ether oxygens (including phenoxy) is 1. The number of nitrogens with zero attached hydrogens (tertiary/aromatic N) is 8. The van der Waals surface area contributed by atoms with E-state index in [2.05, 4.69) is 30.2 Å². The third-order valence-corrected chi connectivity index (χ3v) is 10.2. The predicted molar refractivity (Wildman–Crippen MR) is 181 cm³/mol. The van der Waals surface area contributed by atoms with Crippen LogP contribution in [0.2, 0.25) is 0 Å². The number of carbonyl (C=O) groups excluding carboxylic acids is 2. The number of rotatable bonds is 8. The standard InChI is InChI=1S/C34H40FN9O5/c1-39-20-22(18-36-39)24-15-30(44(47)48)31(49-3)17-28(24)42-8-6-21(7-9-42)19-41-10-12-43(13-11-41)29-16-27-25(14-26(29)35)33(38-40(27)2)23-4-5-32(45)37-34(23)46/h14-18,20-21,23H,4-13,19H2,1-3H3,(H,37,45,46). The van der Waals surface area contributed by atoms with E-state index in [1.54, 1.807) is 34.7 Å². The van der Waals surface area contributed by atoms with Gasteiger partial charge in [-0.1, -0.05) is 0 Å². The first-order valence-electron chi connectivity index (χ1n) is 16.7. The first-order chi connectivity index (χ1) is 23.6. The number of nitrogens with one attached hydrogen (secondary N) is 1. The molecule has 1 N–H and O–H groups in total. The molecule has 2 amide bonds. The molecule has 4 aromatic rings. The Bertz CT molecular complexity index is 1920. The summed E-state index contributed by atoms with van der Waals surface area (Å²) in [6.07, 6.45) is 6.14. The maximum Gasteiger partial charge on any atom is 0.311 e. The number of hydrogen-bond acceptors (Lipinski definition) is 10. The molecule has 0 radical (unpaired) electrons. The maximum atomic E-state index is 15.6. The summed E-state index contributed by atoms with van der Waals surface area (Å²) in [6.45, 7) is 5.60. The second kappa shape index (κ2) is 13.1. The Hall–Kier alpha value is -5.05. The van der Waals surface area contributed by atoms with E-state index in [1.807, 2.05) is 19.3 Å². The Balaban J connectivity index is 0.987. The molecule has 0 spiro atoms. The molecule has 0 saturated carbocycles. The second-order valence-electron chi connectivity index (χ2n) is 13.3. The summed E-state index contributed by atoms with van der Waals surface area (Å²) in [5.41, 5.74) is 4.19. The Morgan fingerprint density at radius 3 is 2.39 bits per heavy atom. The van der Waals surface area contributed by atoms with Crippen molar-refractivity contribution in [2.75, 3.05) is 62.7 Å². The van der Waals surface area contributed by atoms with E-state index in [-0.39, 0.29) is 35.5 Å². The molecule has 1 atom stereocenters. The lowest BCUT2D eigenvalue weighted by Gasteiger charge is -2.40. The zero-order valence-electron chi connectivity index (χ0n) is 27.9. The average Bonchev–Trinajstić information content (AvgIpc) is 3.66. The van der Waals surface area contributed by atoms with Crippen LogP contribution in [-0.2, 0) is 23.7 Å². The molecule has 7 rings (SSSR count). The minimum absolute atomic E-state index is 0.0729. The molecule has 14 nitrogen and oxygen atoms in total. The number of anilines is 2.